The van der Waals surface area contributed by atoms with Crippen LogP contribution in [0.4, 0.5) is 0 Å². The van der Waals surface area contributed by atoms with Crippen LogP contribution in [0, 0.1) is 22.7 Å². The largest absolute Gasteiger partial charge is 0.481 e. The van der Waals surface area contributed by atoms with E-state index in [1.54, 1.807) is 23.1 Å². The van der Waals surface area contributed by atoms with Crippen molar-refractivity contribution >= 4 is 11.9 Å². The van der Waals surface area contributed by atoms with Gasteiger partial charge in [0.2, 0.25) is 0 Å². The maximum Gasteiger partial charge on any atom is 0.311 e. The van der Waals surface area contributed by atoms with E-state index < -0.39 is 11.4 Å². The zero-order valence-corrected chi connectivity index (χ0v) is 12.3. The first kappa shape index (κ1) is 14.6. The minimum Gasteiger partial charge on any atom is -0.481 e. The summed E-state index contributed by atoms with van der Waals surface area (Å²) in [5.41, 5.74) is 0.592. The number of likely N-dealkylation sites (tertiary alicyclic amines) is 1. The molecule has 0 radical (unpaired) electrons. The van der Waals surface area contributed by atoms with Crippen LogP contribution in [0.2, 0.25) is 0 Å². The van der Waals surface area contributed by atoms with E-state index in [2.05, 4.69) is 6.07 Å². The minimum absolute atomic E-state index is 0.0660. The van der Waals surface area contributed by atoms with E-state index in [-0.39, 0.29) is 18.2 Å². The van der Waals surface area contributed by atoms with Gasteiger partial charge < -0.3 is 10.0 Å². The highest BCUT2D eigenvalue weighted by Gasteiger charge is 2.55. The molecule has 1 aliphatic heterocycles. The van der Waals surface area contributed by atoms with E-state index >= 15 is 0 Å². The lowest BCUT2D eigenvalue weighted by Gasteiger charge is -2.23. The summed E-state index contributed by atoms with van der Waals surface area (Å²) in [5.74, 6) is -0.838. The second-order valence-corrected chi connectivity index (χ2v) is 6.27. The fourth-order valence-electron chi connectivity index (χ4n) is 3.88. The predicted octanol–water partition coefficient (Wildman–Crippen LogP) is 2.08. The monoisotopic (exact) mass is 298 g/mol. The first-order valence-corrected chi connectivity index (χ1v) is 7.55. The Kier molecular flexibility index (Phi) is 3.61. The molecule has 1 aliphatic carbocycles. The summed E-state index contributed by atoms with van der Waals surface area (Å²) in [6.07, 6.45) is 2.73. The van der Waals surface area contributed by atoms with Crippen molar-refractivity contribution in [2.75, 3.05) is 13.1 Å². The number of fused-ring (bicyclic) bond motifs is 1. The number of hydrogen-bond donors (Lipinski definition) is 1. The molecule has 0 bridgehead atoms. The molecule has 2 aliphatic rings. The van der Waals surface area contributed by atoms with Gasteiger partial charge in [-0.25, -0.2) is 0 Å². The Bertz CT molecular complexity index is 664. The highest BCUT2D eigenvalue weighted by Crippen LogP contribution is 2.49. The molecule has 1 amide bonds. The molecule has 0 unspecified atom stereocenters. The zero-order chi connectivity index (χ0) is 15.7. The minimum atomic E-state index is -0.775. The normalized spacial score (nSPS) is 26.5. The highest BCUT2D eigenvalue weighted by atomic mass is 16.4. The van der Waals surface area contributed by atoms with E-state index in [0.717, 1.165) is 18.4 Å². The molecule has 5 heteroatoms. The van der Waals surface area contributed by atoms with Crippen LogP contribution in [-0.4, -0.2) is 35.0 Å². The van der Waals surface area contributed by atoms with Crippen molar-refractivity contribution in [3.63, 3.8) is 0 Å². The third-order valence-corrected chi connectivity index (χ3v) is 5.04. The Hall–Kier alpha value is -2.35. The van der Waals surface area contributed by atoms with Gasteiger partial charge >= 0.3 is 5.97 Å². The number of carboxylic acids is 1. The van der Waals surface area contributed by atoms with Crippen LogP contribution < -0.4 is 0 Å². The summed E-state index contributed by atoms with van der Waals surface area (Å²) in [4.78, 5) is 26.0. The second-order valence-electron chi connectivity index (χ2n) is 6.27. The quantitative estimate of drug-likeness (QED) is 0.926. The van der Waals surface area contributed by atoms with Crippen molar-refractivity contribution in [3.05, 3.63) is 35.4 Å². The van der Waals surface area contributed by atoms with Gasteiger partial charge in [0.05, 0.1) is 17.9 Å². The molecule has 2 fully saturated rings. The Morgan fingerprint density at radius 2 is 2.27 bits per heavy atom. The standard InChI is InChI=1S/C17H18N2O3/c18-8-6-12-3-1-4-13(9-12)15(20)19-10-14-5-2-7-17(14,11-19)16(21)22/h1,3-4,9,14H,2,5-7,10-11H2,(H,21,22)/t14-,17+/m0/s1. The van der Waals surface area contributed by atoms with E-state index in [1.807, 2.05) is 6.07 Å². The number of nitriles is 1. The molecule has 0 aromatic heterocycles. The smallest absolute Gasteiger partial charge is 0.311 e. The summed E-state index contributed by atoms with van der Waals surface area (Å²) >= 11 is 0. The van der Waals surface area contributed by atoms with Crippen molar-refractivity contribution in [3.8, 4) is 6.07 Å². The first-order valence-electron chi connectivity index (χ1n) is 7.55. The van der Waals surface area contributed by atoms with Crippen molar-refractivity contribution in [1.29, 1.82) is 5.26 Å². The van der Waals surface area contributed by atoms with Gasteiger partial charge in [0, 0.05) is 18.7 Å². The Morgan fingerprint density at radius 1 is 1.45 bits per heavy atom. The SMILES string of the molecule is N#CCc1cccc(C(=O)N2C[C@@H]3CCC[C@@]3(C(=O)O)C2)c1. The van der Waals surface area contributed by atoms with Gasteiger partial charge in [-0.05, 0) is 36.5 Å². The van der Waals surface area contributed by atoms with Gasteiger partial charge in [0.25, 0.3) is 5.91 Å². The molecular formula is C17H18N2O3. The molecule has 1 saturated carbocycles. The van der Waals surface area contributed by atoms with E-state index in [4.69, 9.17) is 5.26 Å². The third-order valence-electron chi connectivity index (χ3n) is 5.04. The van der Waals surface area contributed by atoms with Crippen LogP contribution in [0.1, 0.15) is 35.2 Å². The summed E-state index contributed by atoms with van der Waals surface area (Å²) < 4.78 is 0. The maximum absolute atomic E-state index is 12.6. The number of nitrogens with zero attached hydrogens (tertiary/aromatic N) is 2. The van der Waals surface area contributed by atoms with Crippen LogP contribution in [0.15, 0.2) is 24.3 Å². The number of carbonyl (C=O) groups is 2. The van der Waals surface area contributed by atoms with Crippen molar-refractivity contribution < 1.29 is 14.7 Å². The second kappa shape index (κ2) is 5.45. The van der Waals surface area contributed by atoms with Crippen molar-refractivity contribution in [2.24, 2.45) is 11.3 Å². The van der Waals surface area contributed by atoms with Crippen LogP contribution in [0.3, 0.4) is 0 Å². The van der Waals surface area contributed by atoms with Crippen molar-refractivity contribution in [2.45, 2.75) is 25.7 Å². The van der Waals surface area contributed by atoms with Crippen molar-refractivity contribution in [1.82, 2.24) is 4.90 Å². The lowest BCUT2D eigenvalue weighted by atomic mass is 9.81. The molecule has 1 aromatic rings. The molecule has 1 saturated heterocycles. The summed E-state index contributed by atoms with van der Waals surface area (Å²) in [7, 11) is 0. The fraction of sp³-hybridized carbons (Fsp3) is 0.471. The number of benzene rings is 1. The van der Waals surface area contributed by atoms with Crippen LogP contribution in [0.25, 0.3) is 0 Å². The Labute approximate surface area is 129 Å². The molecule has 114 valence electrons. The molecule has 1 aromatic carbocycles. The number of rotatable bonds is 3. The van der Waals surface area contributed by atoms with Crippen LogP contribution in [-0.2, 0) is 11.2 Å². The molecule has 3 rings (SSSR count). The molecule has 1 heterocycles. The summed E-state index contributed by atoms with van der Waals surface area (Å²) in [5, 5.41) is 18.3. The topological polar surface area (TPSA) is 81.4 Å². The van der Waals surface area contributed by atoms with Gasteiger partial charge in [-0.2, -0.15) is 5.26 Å². The van der Waals surface area contributed by atoms with Crippen LogP contribution >= 0.6 is 0 Å². The predicted molar refractivity (Wildman–Crippen MR) is 79.1 cm³/mol. The number of hydrogen-bond acceptors (Lipinski definition) is 3. The van der Waals surface area contributed by atoms with Gasteiger partial charge in [-0.3, -0.25) is 9.59 Å². The summed E-state index contributed by atoms with van der Waals surface area (Å²) in [6.45, 7) is 0.821. The molecule has 0 spiro atoms. The highest BCUT2D eigenvalue weighted by molar-refractivity contribution is 5.95. The maximum atomic E-state index is 12.6. The molecule has 2 atom stereocenters. The number of carboxylic acid groups (broad SMARTS) is 1. The number of carbonyl (C=O) groups excluding carboxylic acids is 1. The Morgan fingerprint density at radius 3 is 2.95 bits per heavy atom. The Balaban J connectivity index is 1.81. The fourth-order valence-corrected chi connectivity index (χ4v) is 3.88. The van der Waals surface area contributed by atoms with Gasteiger partial charge in [0.15, 0.2) is 0 Å². The molecule has 1 N–H and O–H groups in total. The lowest BCUT2D eigenvalue weighted by molar-refractivity contribution is -0.149. The lowest BCUT2D eigenvalue weighted by Crippen LogP contribution is -2.37. The van der Waals surface area contributed by atoms with Gasteiger partial charge in [-0.15, -0.1) is 0 Å². The number of aliphatic carboxylic acids is 1. The average Bonchev–Trinajstić information content (AvgIpc) is 3.05. The van der Waals surface area contributed by atoms with E-state index in [9.17, 15) is 14.7 Å². The molecular weight excluding hydrogens is 280 g/mol. The number of amides is 1. The zero-order valence-electron chi connectivity index (χ0n) is 12.3. The van der Waals surface area contributed by atoms with E-state index in [1.165, 1.54) is 0 Å². The molecule has 5 nitrogen and oxygen atoms in total. The van der Waals surface area contributed by atoms with Crippen LogP contribution in [0.5, 0.6) is 0 Å². The van der Waals surface area contributed by atoms with Gasteiger partial charge in [0.1, 0.15) is 0 Å². The summed E-state index contributed by atoms with van der Waals surface area (Å²) in [6, 6.07) is 9.11. The average molecular weight is 298 g/mol. The third kappa shape index (κ3) is 2.25. The van der Waals surface area contributed by atoms with Gasteiger partial charge in [-0.1, -0.05) is 18.6 Å². The first-order chi connectivity index (χ1) is 10.6. The molecule has 22 heavy (non-hydrogen) atoms. The van der Waals surface area contributed by atoms with E-state index in [0.29, 0.717) is 25.1 Å².